The summed E-state index contributed by atoms with van der Waals surface area (Å²) < 4.78 is 28.7. The van der Waals surface area contributed by atoms with Gasteiger partial charge in [-0.05, 0) is 44.4 Å². The van der Waals surface area contributed by atoms with Crippen molar-refractivity contribution in [1.82, 2.24) is 10.6 Å². The lowest BCUT2D eigenvalue weighted by Crippen LogP contribution is -2.45. The van der Waals surface area contributed by atoms with Crippen molar-refractivity contribution in [3.63, 3.8) is 0 Å². The van der Waals surface area contributed by atoms with Crippen LogP contribution in [-0.4, -0.2) is 59.7 Å². The molecule has 0 bridgehead atoms. The fourth-order valence-corrected chi connectivity index (χ4v) is 5.44. The van der Waals surface area contributed by atoms with Crippen LogP contribution in [0, 0.1) is 10.8 Å². The summed E-state index contributed by atoms with van der Waals surface area (Å²) in [6.45, 7) is 5.21. The molecule has 146 valence electrons. The van der Waals surface area contributed by atoms with E-state index in [4.69, 9.17) is 4.74 Å². The van der Waals surface area contributed by atoms with Gasteiger partial charge in [-0.25, -0.2) is 8.42 Å². The van der Waals surface area contributed by atoms with Gasteiger partial charge in [0.25, 0.3) is 0 Å². The van der Waals surface area contributed by atoms with Crippen LogP contribution in [0.3, 0.4) is 0 Å². The van der Waals surface area contributed by atoms with Gasteiger partial charge in [-0.2, -0.15) is 0 Å². The summed E-state index contributed by atoms with van der Waals surface area (Å²) in [6, 6.07) is 0. The molecule has 2 aliphatic rings. The number of rotatable bonds is 10. The van der Waals surface area contributed by atoms with E-state index < -0.39 is 9.84 Å². The van der Waals surface area contributed by atoms with Crippen molar-refractivity contribution in [2.24, 2.45) is 15.8 Å². The molecule has 6 nitrogen and oxygen atoms in total. The highest BCUT2D eigenvalue weighted by Gasteiger charge is 2.45. The van der Waals surface area contributed by atoms with Crippen LogP contribution in [-0.2, 0) is 14.6 Å². The lowest BCUT2D eigenvalue weighted by molar-refractivity contribution is 0.105. The molecule has 0 aromatic carbocycles. The molecule has 7 heteroatoms. The number of nitrogens with one attached hydrogen (secondary N) is 2. The third kappa shape index (κ3) is 6.77. The Morgan fingerprint density at radius 3 is 2.16 bits per heavy atom. The third-order valence-corrected chi connectivity index (χ3v) is 6.79. The summed E-state index contributed by atoms with van der Waals surface area (Å²) in [6.07, 6.45) is 9.41. The second-order valence-corrected chi connectivity index (χ2v) is 10.1. The molecule has 0 aromatic heterocycles. The fourth-order valence-electron chi connectivity index (χ4n) is 3.94. The molecule has 2 aliphatic carbocycles. The molecule has 2 N–H and O–H groups in total. The fraction of sp³-hybridized carbons (Fsp3) is 0.944. The average Bonchev–Trinajstić information content (AvgIpc) is 3.13. The predicted molar refractivity (Wildman–Crippen MR) is 103 cm³/mol. The summed E-state index contributed by atoms with van der Waals surface area (Å²) in [5, 5.41) is 6.82. The van der Waals surface area contributed by atoms with E-state index in [0.717, 1.165) is 45.0 Å². The Kier molecular flexibility index (Phi) is 7.14. The van der Waals surface area contributed by atoms with Gasteiger partial charge < -0.3 is 15.4 Å². The first-order valence-electron chi connectivity index (χ1n) is 9.52. The van der Waals surface area contributed by atoms with Gasteiger partial charge in [0.2, 0.25) is 0 Å². The van der Waals surface area contributed by atoms with Gasteiger partial charge >= 0.3 is 0 Å². The number of sulfone groups is 1. The van der Waals surface area contributed by atoms with E-state index in [2.05, 4.69) is 15.6 Å². The Labute approximate surface area is 153 Å². The molecular weight excluding hydrogens is 338 g/mol. The largest absolute Gasteiger partial charge is 0.382 e. The smallest absolute Gasteiger partial charge is 0.191 e. The minimum absolute atomic E-state index is 0.0920. The van der Waals surface area contributed by atoms with E-state index in [1.165, 1.54) is 31.9 Å². The number of aliphatic imine (C=N–C) groups is 1. The van der Waals surface area contributed by atoms with Crippen LogP contribution in [0.4, 0.5) is 0 Å². The van der Waals surface area contributed by atoms with Crippen molar-refractivity contribution in [3.8, 4) is 0 Å². The van der Waals surface area contributed by atoms with Crippen molar-refractivity contribution >= 4 is 15.8 Å². The van der Waals surface area contributed by atoms with Gasteiger partial charge in [-0.3, -0.25) is 4.99 Å². The minimum atomic E-state index is -2.94. The molecule has 2 saturated carbocycles. The number of hydrogen-bond acceptors (Lipinski definition) is 4. The second-order valence-electron chi connectivity index (χ2n) is 8.00. The zero-order valence-corrected chi connectivity index (χ0v) is 16.9. The lowest BCUT2D eigenvalue weighted by atomic mass is 9.83. The van der Waals surface area contributed by atoms with Crippen molar-refractivity contribution in [2.75, 3.05) is 45.4 Å². The standard InChI is InChI=1S/C18H35N3O3S/c1-4-24-12-11-17(7-5-6-8-17)13-20-16(19-2)21-14-18(9-10-18)15-25(3,22)23/h4-15H2,1-3H3,(H2,19,20,21). The Hall–Kier alpha value is -0.820. The zero-order valence-electron chi connectivity index (χ0n) is 16.1. The molecule has 2 rings (SSSR count). The maximum atomic E-state index is 11.6. The summed E-state index contributed by atoms with van der Waals surface area (Å²) >= 11 is 0. The van der Waals surface area contributed by atoms with E-state index in [-0.39, 0.29) is 11.2 Å². The number of nitrogens with zero attached hydrogens (tertiary/aromatic N) is 1. The van der Waals surface area contributed by atoms with Gasteiger partial charge in [0.05, 0.1) is 5.75 Å². The first-order valence-corrected chi connectivity index (χ1v) is 11.6. The van der Waals surface area contributed by atoms with E-state index in [1.807, 2.05) is 6.92 Å². The van der Waals surface area contributed by atoms with Crippen LogP contribution in [0.1, 0.15) is 51.9 Å². The molecule has 25 heavy (non-hydrogen) atoms. The molecule has 0 radical (unpaired) electrons. The highest BCUT2D eigenvalue weighted by Crippen LogP contribution is 2.46. The Bertz CT molecular complexity index is 550. The van der Waals surface area contributed by atoms with Gasteiger partial charge in [0.1, 0.15) is 9.84 Å². The number of hydrogen-bond donors (Lipinski definition) is 2. The maximum absolute atomic E-state index is 11.6. The molecule has 0 unspecified atom stereocenters. The van der Waals surface area contributed by atoms with Crippen LogP contribution in [0.5, 0.6) is 0 Å². The van der Waals surface area contributed by atoms with Gasteiger partial charge in [-0.15, -0.1) is 0 Å². The van der Waals surface area contributed by atoms with Gasteiger partial charge in [0.15, 0.2) is 5.96 Å². The van der Waals surface area contributed by atoms with E-state index in [0.29, 0.717) is 12.0 Å². The quantitative estimate of drug-likeness (QED) is 0.348. The SMILES string of the molecule is CCOCCC1(CNC(=NC)NCC2(CS(C)(=O)=O)CC2)CCCC1. The Morgan fingerprint density at radius 2 is 1.68 bits per heavy atom. The van der Waals surface area contributed by atoms with Crippen LogP contribution in [0.25, 0.3) is 0 Å². The molecule has 2 fully saturated rings. The monoisotopic (exact) mass is 373 g/mol. The van der Waals surface area contributed by atoms with Crippen molar-refractivity contribution in [1.29, 1.82) is 0 Å². The first-order chi connectivity index (χ1) is 11.8. The topological polar surface area (TPSA) is 79.8 Å². The first kappa shape index (κ1) is 20.5. The third-order valence-electron chi connectivity index (χ3n) is 5.66. The van der Waals surface area contributed by atoms with E-state index in [9.17, 15) is 8.42 Å². The van der Waals surface area contributed by atoms with Crippen LogP contribution in [0.2, 0.25) is 0 Å². The summed E-state index contributed by atoms with van der Waals surface area (Å²) in [7, 11) is -1.17. The average molecular weight is 374 g/mol. The minimum Gasteiger partial charge on any atom is -0.382 e. The molecule has 0 aromatic rings. The van der Waals surface area contributed by atoms with E-state index >= 15 is 0 Å². The lowest BCUT2D eigenvalue weighted by Gasteiger charge is -2.30. The highest BCUT2D eigenvalue weighted by atomic mass is 32.2. The Balaban J connectivity index is 1.81. The normalized spacial score (nSPS) is 22.0. The Morgan fingerprint density at radius 1 is 1.08 bits per heavy atom. The summed E-state index contributed by atoms with van der Waals surface area (Å²) in [4.78, 5) is 4.32. The van der Waals surface area contributed by atoms with Crippen LogP contribution >= 0.6 is 0 Å². The van der Waals surface area contributed by atoms with Gasteiger partial charge in [-0.1, -0.05) is 12.8 Å². The van der Waals surface area contributed by atoms with Crippen molar-refractivity contribution in [2.45, 2.75) is 51.9 Å². The van der Waals surface area contributed by atoms with Gasteiger partial charge in [0, 0.05) is 45.0 Å². The molecule has 0 aliphatic heterocycles. The molecule has 0 atom stereocenters. The summed E-state index contributed by atoms with van der Waals surface area (Å²) in [5.41, 5.74) is 0.210. The number of guanidine groups is 1. The number of ether oxygens (including phenoxy) is 1. The molecular formula is C18H35N3O3S. The van der Waals surface area contributed by atoms with Crippen LogP contribution in [0.15, 0.2) is 4.99 Å². The van der Waals surface area contributed by atoms with Crippen LogP contribution < -0.4 is 10.6 Å². The zero-order chi connectivity index (χ0) is 18.4. The molecule has 0 spiro atoms. The molecule has 0 heterocycles. The maximum Gasteiger partial charge on any atom is 0.191 e. The molecule has 0 amide bonds. The van der Waals surface area contributed by atoms with Crippen molar-refractivity contribution in [3.05, 3.63) is 0 Å². The molecule has 0 saturated heterocycles. The van der Waals surface area contributed by atoms with Crippen molar-refractivity contribution < 1.29 is 13.2 Å². The second kappa shape index (κ2) is 8.71. The van der Waals surface area contributed by atoms with E-state index in [1.54, 1.807) is 7.05 Å². The predicted octanol–water partition coefficient (Wildman–Crippen LogP) is 1.96. The summed E-state index contributed by atoms with van der Waals surface area (Å²) in [5.74, 6) is 1.05. The highest BCUT2D eigenvalue weighted by molar-refractivity contribution is 7.90.